The minimum Gasteiger partial charge on any atom is -0.484 e. The first-order valence-electron chi connectivity index (χ1n) is 9.38. The lowest BCUT2D eigenvalue weighted by atomic mass is 10.0. The summed E-state index contributed by atoms with van der Waals surface area (Å²) in [5.41, 5.74) is 1.85. The van der Waals surface area contributed by atoms with Crippen LogP contribution in [0.25, 0.3) is 0 Å². The number of rotatable bonds is 6. The highest BCUT2D eigenvalue weighted by Crippen LogP contribution is 2.47. The van der Waals surface area contributed by atoms with Crippen LogP contribution < -0.4 is 10.1 Å². The number of nitrogens with zero attached hydrogens (tertiary/aromatic N) is 1. The van der Waals surface area contributed by atoms with Gasteiger partial charge in [-0.1, -0.05) is 6.92 Å². The van der Waals surface area contributed by atoms with Crippen molar-refractivity contribution in [3.63, 3.8) is 0 Å². The van der Waals surface area contributed by atoms with Crippen LogP contribution in [0.2, 0.25) is 0 Å². The minimum absolute atomic E-state index is 0.0326. The standard InChI is InChI=1S/C21H24N2O4/c1-13-9-17(13)19-7-5-16(27-19)11-23(2)21(25)12-26-15-4-6-18-14(10-15)3-8-20(24)22-18/h4-7,10,13,17H,3,8-9,11-12H2,1-2H3,(H,22,24). The Kier molecular flexibility index (Phi) is 4.64. The number of hydrogen-bond donors (Lipinski definition) is 1. The normalized spacial score (nSPS) is 20.6. The molecule has 2 unspecified atom stereocenters. The van der Waals surface area contributed by atoms with Crippen molar-refractivity contribution in [2.24, 2.45) is 5.92 Å². The maximum atomic E-state index is 12.4. The van der Waals surface area contributed by atoms with Crippen LogP contribution in [0.4, 0.5) is 5.69 Å². The van der Waals surface area contributed by atoms with Crippen molar-refractivity contribution in [2.45, 2.75) is 38.6 Å². The lowest BCUT2D eigenvalue weighted by molar-refractivity contribution is -0.132. The summed E-state index contributed by atoms with van der Waals surface area (Å²) < 4.78 is 11.5. The molecule has 27 heavy (non-hydrogen) atoms. The number of likely N-dealkylation sites (N-methyl/N-ethyl adjacent to an activating group) is 1. The highest BCUT2D eigenvalue weighted by molar-refractivity contribution is 5.94. The number of benzene rings is 1. The molecule has 1 aromatic carbocycles. The van der Waals surface area contributed by atoms with Gasteiger partial charge in [0.05, 0.1) is 6.54 Å². The van der Waals surface area contributed by atoms with Crippen LogP contribution in [-0.2, 0) is 22.6 Å². The Morgan fingerprint density at radius 3 is 2.89 bits per heavy atom. The van der Waals surface area contributed by atoms with Gasteiger partial charge in [-0.2, -0.15) is 0 Å². The Morgan fingerprint density at radius 2 is 2.11 bits per heavy atom. The number of hydrogen-bond acceptors (Lipinski definition) is 4. The minimum atomic E-state index is -0.112. The lowest BCUT2D eigenvalue weighted by Crippen LogP contribution is -2.30. The first-order chi connectivity index (χ1) is 13.0. The van der Waals surface area contributed by atoms with Gasteiger partial charge in [-0.3, -0.25) is 9.59 Å². The highest BCUT2D eigenvalue weighted by atomic mass is 16.5. The molecule has 2 amide bonds. The van der Waals surface area contributed by atoms with Crippen molar-refractivity contribution in [2.75, 3.05) is 19.0 Å². The zero-order chi connectivity index (χ0) is 19.0. The molecule has 0 radical (unpaired) electrons. The summed E-state index contributed by atoms with van der Waals surface area (Å²) in [6, 6.07) is 9.44. The molecule has 6 heteroatoms. The van der Waals surface area contributed by atoms with Gasteiger partial charge in [-0.25, -0.2) is 0 Å². The highest BCUT2D eigenvalue weighted by Gasteiger charge is 2.36. The molecular weight excluding hydrogens is 344 g/mol. The SMILES string of the molecule is CC1CC1c1ccc(CN(C)C(=O)COc2ccc3c(c2)CCC(=O)N3)o1. The first kappa shape index (κ1) is 17.6. The third-order valence-electron chi connectivity index (χ3n) is 5.31. The summed E-state index contributed by atoms with van der Waals surface area (Å²) in [7, 11) is 1.75. The van der Waals surface area contributed by atoms with Crippen molar-refractivity contribution in [3.8, 4) is 5.75 Å². The monoisotopic (exact) mass is 368 g/mol. The molecule has 6 nitrogen and oxygen atoms in total. The van der Waals surface area contributed by atoms with Gasteiger partial charge in [-0.15, -0.1) is 0 Å². The number of carbonyl (C=O) groups is 2. The van der Waals surface area contributed by atoms with E-state index in [1.165, 1.54) is 6.42 Å². The summed E-state index contributed by atoms with van der Waals surface area (Å²) in [5.74, 6) is 3.61. The van der Waals surface area contributed by atoms with E-state index in [4.69, 9.17) is 9.15 Å². The van der Waals surface area contributed by atoms with Crippen LogP contribution in [0.3, 0.4) is 0 Å². The first-order valence-corrected chi connectivity index (χ1v) is 9.38. The molecular formula is C21H24N2O4. The number of aryl methyl sites for hydroxylation is 1. The number of anilines is 1. The van der Waals surface area contributed by atoms with E-state index < -0.39 is 0 Å². The molecule has 0 bridgehead atoms. The predicted octanol–water partition coefficient (Wildman–Crippen LogP) is 3.33. The quantitative estimate of drug-likeness (QED) is 0.849. The number of ether oxygens (including phenoxy) is 1. The van der Waals surface area contributed by atoms with Crippen LogP contribution in [0.1, 0.15) is 42.8 Å². The van der Waals surface area contributed by atoms with E-state index in [9.17, 15) is 9.59 Å². The summed E-state index contributed by atoms with van der Waals surface area (Å²) in [6.45, 7) is 2.61. The average Bonchev–Trinajstić information content (AvgIpc) is 3.20. The van der Waals surface area contributed by atoms with E-state index in [0.717, 1.165) is 22.8 Å². The predicted molar refractivity (Wildman–Crippen MR) is 101 cm³/mol. The van der Waals surface area contributed by atoms with Gasteiger partial charge in [0, 0.05) is 25.1 Å². The fourth-order valence-electron chi connectivity index (χ4n) is 3.42. The zero-order valence-electron chi connectivity index (χ0n) is 15.7. The molecule has 0 saturated heterocycles. The van der Waals surface area contributed by atoms with E-state index in [-0.39, 0.29) is 18.4 Å². The molecule has 4 rings (SSSR count). The van der Waals surface area contributed by atoms with Gasteiger partial charge >= 0.3 is 0 Å². The Morgan fingerprint density at radius 1 is 1.30 bits per heavy atom. The van der Waals surface area contributed by atoms with Crippen LogP contribution >= 0.6 is 0 Å². The third kappa shape index (κ3) is 3.99. The zero-order valence-corrected chi connectivity index (χ0v) is 15.7. The van der Waals surface area contributed by atoms with E-state index >= 15 is 0 Å². The molecule has 1 aliphatic carbocycles. The number of nitrogens with one attached hydrogen (secondary N) is 1. The van der Waals surface area contributed by atoms with E-state index in [2.05, 4.69) is 12.2 Å². The van der Waals surface area contributed by atoms with Gasteiger partial charge in [0.2, 0.25) is 5.91 Å². The fourth-order valence-corrected chi connectivity index (χ4v) is 3.42. The van der Waals surface area contributed by atoms with E-state index in [0.29, 0.717) is 37.0 Å². The Bertz CT molecular complexity index is 873. The van der Waals surface area contributed by atoms with Crippen LogP contribution in [0.5, 0.6) is 5.75 Å². The van der Waals surface area contributed by atoms with Gasteiger partial charge in [0.15, 0.2) is 6.61 Å². The van der Waals surface area contributed by atoms with Gasteiger partial charge < -0.3 is 19.4 Å². The number of amides is 2. The molecule has 2 atom stereocenters. The number of carbonyl (C=O) groups excluding carboxylic acids is 2. The molecule has 2 heterocycles. The summed E-state index contributed by atoms with van der Waals surface area (Å²) >= 11 is 0. The Labute approximate surface area is 158 Å². The molecule has 1 aliphatic heterocycles. The van der Waals surface area contributed by atoms with Gasteiger partial charge in [-0.05, 0) is 54.7 Å². The van der Waals surface area contributed by atoms with E-state index in [1.807, 2.05) is 24.3 Å². The van der Waals surface area contributed by atoms with Gasteiger partial charge in [0.25, 0.3) is 5.91 Å². The molecule has 142 valence electrons. The summed E-state index contributed by atoms with van der Waals surface area (Å²) in [5, 5.41) is 2.83. The molecule has 1 saturated carbocycles. The molecule has 1 aromatic heterocycles. The van der Waals surface area contributed by atoms with Crippen LogP contribution in [0, 0.1) is 5.92 Å². The molecule has 1 fully saturated rings. The van der Waals surface area contributed by atoms with Crippen molar-refractivity contribution in [1.82, 2.24) is 4.90 Å². The van der Waals surface area contributed by atoms with Crippen LogP contribution in [0.15, 0.2) is 34.7 Å². The topological polar surface area (TPSA) is 71.8 Å². The Hall–Kier alpha value is -2.76. The maximum absolute atomic E-state index is 12.4. The van der Waals surface area contributed by atoms with Crippen molar-refractivity contribution < 1.29 is 18.7 Å². The molecule has 1 N–H and O–H groups in total. The molecule has 0 spiro atoms. The number of fused-ring (bicyclic) bond motifs is 1. The summed E-state index contributed by atoms with van der Waals surface area (Å²) in [4.78, 5) is 25.4. The lowest BCUT2D eigenvalue weighted by Gasteiger charge is -2.19. The number of furan rings is 1. The molecule has 2 aromatic rings. The van der Waals surface area contributed by atoms with E-state index in [1.54, 1.807) is 18.0 Å². The second-order valence-corrected chi connectivity index (χ2v) is 7.53. The summed E-state index contributed by atoms with van der Waals surface area (Å²) in [6.07, 6.45) is 2.34. The largest absolute Gasteiger partial charge is 0.484 e. The van der Waals surface area contributed by atoms with Gasteiger partial charge in [0.1, 0.15) is 17.3 Å². The Balaban J connectivity index is 1.30. The second kappa shape index (κ2) is 7.10. The van der Waals surface area contributed by atoms with Crippen LogP contribution in [-0.4, -0.2) is 30.4 Å². The molecule has 2 aliphatic rings. The maximum Gasteiger partial charge on any atom is 0.260 e. The fraction of sp³-hybridized carbons (Fsp3) is 0.429. The second-order valence-electron chi connectivity index (χ2n) is 7.53. The third-order valence-corrected chi connectivity index (χ3v) is 5.31. The van der Waals surface area contributed by atoms with Crippen molar-refractivity contribution in [1.29, 1.82) is 0 Å². The average molecular weight is 368 g/mol. The van der Waals surface area contributed by atoms with Crippen molar-refractivity contribution in [3.05, 3.63) is 47.4 Å². The smallest absolute Gasteiger partial charge is 0.260 e. The van der Waals surface area contributed by atoms with Crippen molar-refractivity contribution >= 4 is 17.5 Å².